The zero-order chi connectivity index (χ0) is 12.3. The molecule has 0 aromatic carbocycles. The normalized spacial score (nSPS) is 26.5. The molecular weight excluding hydrogens is 218 g/mol. The molecule has 1 saturated heterocycles. The smallest absolute Gasteiger partial charge is 0.237 e. The van der Waals surface area contributed by atoms with Gasteiger partial charge in [-0.25, -0.2) is 4.98 Å². The zero-order valence-electron chi connectivity index (χ0n) is 10.2. The van der Waals surface area contributed by atoms with Gasteiger partial charge in [-0.1, -0.05) is 6.92 Å². The van der Waals surface area contributed by atoms with Crippen LogP contribution in [0.15, 0.2) is 6.33 Å². The van der Waals surface area contributed by atoms with Crippen molar-refractivity contribution in [2.45, 2.75) is 38.8 Å². The fourth-order valence-corrected chi connectivity index (χ4v) is 2.11. The summed E-state index contributed by atoms with van der Waals surface area (Å²) in [5.41, 5.74) is 0. The Hall–Kier alpha value is -1.43. The summed E-state index contributed by atoms with van der Waals surface area (Å²) in [5.74, 6) is 1.33. The van der Waals surface area contributed by atoms with Gasteiger partial charge in [-0.15, -0.1) is 0 Å². The number of aromatic nitrogens is 3. The Morgan fingerprint density at radius 3 is 3.12 bits per heavy atom. The Morgan fingerprint density at radius 2 is 2.47 bits per heavy atom. The van der Waals surface area contributed by atoms with Gasteiger partial charge >= 0.3 is 0 Å². The largest absolute Gasteiger partial charge is 0.345 e. The summed E-state index contributed by atoms with van der Waals surface area (Å²) in [4.78, 5) is 16.0. The number of aromatic amines is 1. The number of hydrogen-bond acceptors (Lipinski definition) is 4. The fourth-order valence-electron chi connectivity index (χ4n) is 2.11. The summed E-state index contributed by atoms with van der Waals surface area (Å²) in [6, 6.07) is -0.215. The minimum atomic E-state index is -0.135. The van der Waals surface area contributed by atoms with Crippen LogP contribution >= 0.6 is 0 Å². The van der Waals surface area contributed by atoms with E-state index < -0.39 is 0 Å². The molecule has 3 N–H and O–H groups in total. The summed E-state index contributed by atoms with van der Waals surface area (Å²) in [7, 11) is 0. The molecule has 6 nitrogen and oxygen atoms in total. The molecule has 1 aromatic rings. The highest BCUT2D eigenvalue weighted by molar-refractivity contribution is 5.82. The van der Waals surface area contributed by atoms with E-state index in [1.807, 2.05) is 6.92 Å². The van der Waals surface area contributed by atoms with Gasteiger partial charge in [0.2, 0.25) is 5.91 Å². The molecule has 1 amide bonds. The lowest BCUT2D eigenvalue weighted by Gasteiger charge is -2.28. The SMILES string of the molecule is CC1CCNC(C(=O)NC(C)c2ncn[nH]2)C1. The molecule has 94 valence electrons. The molecule has 1 aromatic heterocycles. The molecular formula is C11H19N5O. The lowest BCUT2D eigenvalue weighted by Crippen LogP contribution is -2.49. The van der Waals surface area contributed by atoms with Crippen molar-refractivity contribution in [3.8, 4) is 0 Å². The van der Waals surface area contributed by atoms with Gasteiger partial charge in [0.15, 0.2) is 0 Å². The van der Waals surface area contributed by atoms with Gasteiger partial charge in [0.1, 0.15) is 12.2 Å². The summed E-state index contributed by atoms with van der Waals surface area (Å²) < 4.78 is 0. The van der Waals surface area contributed by atoms with Crippen LogP contribution in [0.3, 0.4) is 0 Å². The highest BCUT2D eigenvalue weighted by atomic mass is 16.2. The first kappa shape index (κ1) is 12.0. The van der Waals surface area contributed by atoms with Crippen LogP contribution in [0.1, 0.15) is 38.6 Å². The third-order valence-electron chi connectivity index (χ3n) is 3.19. The molecule has 6 heteroatoms. The maximum absolute atomic E-state index is 12.0. The number of nitrogens with zero attached hydrogens (tertiary/aromatic N) is 2. The number of rotatable bonds is 3. The molecule has 17 heavy (non-hydrogen) atoms. The molecule has 0 bridgehead atoms. The van der Waals surface area contributed by atoms with Gasteiger partial charge in [0.05, 0.1) is 12.1 Å². The fraction of sp³-hybridized carbons (Fsp3) is 0.727. The second-order valence-electron chi connectivity index (χ2n) is 4.74. The average molecular weight is 237 g/mol. The molecule has 1 aliphatic rings. The van der Waals surface area contributed by atoms with E-state index in [1.165, 1.54) is 6.33 Å². The molecule has 2 rings (SSSR count). The van der Waals surface area contributed by atoms with Crippen LogP contribution in [0, 0.1) is 5.92 Å². The molecule has 1 aliphatic heterocycles. The molecule has 0 aliphatic carbocycles. The van der Waals surface area contributed by atoms with Crippen LogP contribution in [-0.2, 0) is 4.79 Å². The Labute approximate surface area is 101 Å². The van der Waals surface area contributed by atoms with Crippen LogP contribution in [0.25, 0.3) is 0 Å². The number of nitrogens with one attached hydrogen (secondary N) is 3. The van der Waals surface area contributed by atoms with Gasteiger partial charge in [-0.2, -0.15) is 5.10 Å². The maximum atomic E-state index is 12.0. The zero-order valence-corrected chi connectivity index (χ0v) is 10.2. The maximum Gasteiger partial charge on any atom is 0.237 e. The van der Waals surface area contributed by atoms with Crippen molar-refractivity contribution in [2.75, 3.05) is 6.54 Å². The van der Waals surface area contributed by atoms with Crippen LogP contribution in [0.5, 0.6) is 0 Å². The molecule has 3 atom stereocenters. The van der Waals surface area contributed by atoms with Crippen LogP contribution in [0.4, 0.5) is 0 Å². The second-order valence-corrected chi connectivity index (χ2v) is 4.74. The Morgan fingerprint density at radius 1 is 1.65 bits per heavy atom. The lowest BCUT2D eigenvalue weighted by atomic mass is 9.94. The van der Waals surface area contributed by atoms with Gasteiger partial charge in [-0.05, 0) is 32.2 Å². The average Bonchev–Trinajstić information content (AvgIpc) is 2.82. The molecule has 0 saturated carbocycles. The third kappa shape index (κ3) is 3.03. The minimum absolute atomic E-state index is 0.0421. The molecule has 0 radical (unpaired) electrons. The Balaban J connectivity index is 1.88. The standard InChI is InChI=1S/C11H19N5O/c1-7-3-4-12-9(5-7)11(17)15-8(2)10-13-6-14-16-10/h6-9,12H,3-5H2,1-2H3,(H,15,17)(H,13,14,16). The van der Waals surface area contributed by atoms with E-state index in [-0.39, 0.29) is 18.0 Å². The van der Waals surface area contributed by atoms with Crippen molar-refractivity contribution in [3.63, 3.8) is 0 Å². The van der Waals surface area contributed by atoms with Crippen LogP contribution in [0.2, 0.25) is 0 Å². The summed E-state index contributed by atoms with van der Waals surface area (Å²) >= 11 is 0. The first-order chi connectivity index (χ1) is 8.16. The monoisotopic (exact) mass is 237 g/mol. The van der Waals surface area contributed by atoms with Crippen molar-refractivity contribution in [1.29, 1.82) is 0 Å². The molecule has 0 spiro atoms. The highest BCUT2D eigenvalue weighted by Crippen LogP contribution is 2.16. The predicted octanol–water partition coefficient (Wildman–Crippen LogP) is 0.370. The van der Waals surface area contributed by atoms with Crippen molar-refractivity contribution in [1.82, 2.24) is 25.8 Å². The quantitative estimate of drug-likeness (QED) is 0.709. The summed E-state index contributed by atoms with van der Waals surface area (Å²) in [6.45, 7) is 4.99. The molecule has 3 unspecified atom stereocenters. The van der Waals surface area contributed by atoms with E-state index >= 15 is 0 Å². The van der Waals surface area contributed by atoms with Crippen molar-refractivity contribution in [3.05, 3.63) is 12.2 Å². The van der Waals surface area contributed by atoms with E-state index in [9.17, 15) is 4.79 Å². The third-order valence-corrected chi connectivity index (χ3v) is 3.19. The van der Waals surface area contributed by atoms with Gasteiger partial charge in [-0.3, -0.25) is 9.89 Å². The Bertz CT molecular complexity index is 364. The van der Waals surface area contributed by atoms with Crippen molar-refractivity contribution < 1.29 is 4.79 Å². The van der Waals surface area contributed by atoms with E-state index in [0.717, 1.165) is 19.4 Å². The van der Waals surface area contributed by atoms with Gasteiger partial charge in [0, 0.05) is 0 Å². The highest BCUT2D eigenvalue weighted by Gasteiger charge is 2.25. The molecule has 1 fully saturated rings. The number of carbonyl (C=O) groups excluding carboxylic acids is 1. The van der Waals surface area contributed by atoms with Gasteiger partial charge in [0.25, 0.3) is 0 Å². The van der Waals surface area contributed by atoms with E-state index in [2.05, 4.69) is 32.7 Å². The second kappa shape index (κ2) is 5.27. The van der Waals surface area contributed by atoms with Crippen molar-refractivity contribution in [2.24, 2.45) is 5.92 Å². The lowest BCUT2D eigenvalue weighted by molar-refractivity contribution is -0.124. The predicted molar refractivity (Wildman–Crippen MR) is 63.1 cm³/mol. The summed E-state index contributed by atoms with van der Waals surface area (Å²) in [6.07, 6.45) is 3.48. The topological polar surface area (TPSA) is 82.7 Å². The number of amides is 1. The number of carbonyl (C=O) groups is 1. The first-order valence-electron chi connectivity index (χ1n) is 6.06. The summed E-state index contributed by atoms with van der Waals surface area (Å²) in [5, 5.41) is 12.7. The number of piperidine rings is 1. The van der Waals surface area contributed by atoms with E-state index in [0.29, 0.717) is 11.7 Å². The number of H-pyrrole nitrogens is 1. The van der Waals surface area contributed by atoms with Crippen molar-refractivity contribution >= 4 is 5.91 Å². The van der Waals surface area contributed by atoms with E-state index in [1.54, 1.807) is 0 Å². The first-order valence-corrected chi connectivity index (χ1v) is 6.06. The Kier molecular flexibility index (Phi) is 3.73. The van der Waals surface area contributed by atoms with Gasteiger partial charge < -0.3 is 10.6 Å². The molecule has 2 heterocycles. The number of hydrogen-bond donors (Lipinski definition) is 3. The van der Waals surface area contributed by atoms with Crippen LogP contribution < -0.4 is 10.6 Å². The minimum Gasteiger partial charge on any atom is -0.345 e. The van der Waals surface area contributed by atoms with Crippen LogP contribution in [-0.4, -0.2) is 33.7 Å². The van der Waals surface area contributed by atoms with E-state index in [4.69, 9.17) is 0 Å².